The molecule has 96 valence electrons. The molecule has 0 fully saturated rings. The summed E-state index contributed by atoms with van der Waals surface area (Å²) < 4.78 is 0. The van der Waals surface area contributed by atoms with Gasteiger partial charge in [-0.3, -0.25) is 4.98 Å². The van der Waals surface area contributed by atoms with Gasteiger partial charge in [0, 0.05) is 11.6 Å². The summed E-state index contributed by atoms with van der Waals surface area (Å²) in [4.78, 5) is 4.43. The summed E-state index contributed by atoms with van der Waals surface area (Å²) in [5.74, 6) is 0. The number of pyridine rings is 1. The molecule has 1 rings (SSSR count). The van der Waals surface area contributed by atoms with E-state index in [1.54, 1.807) is 12.3 Å². The summed E-state index contributed by atoms with van der Waals surface area (Å²) in [6.07, 6.45) is 4.43. The van der Waals surface area contributed by atoms with Crippen LogP contribution in [0.3, 0.4) is 0 Å². The summed E-state index contributed by atoms with van der Waals surface area (Å²) in [5.41, 5.74) is 8.11. The Morgan fingerprint density at radius 2 is 2.33 bits per heavy atom. The van der Waals surface area contributed by atoms with Crippen molar-refractivity contribution in [3.63, 3.8) is 0 Å². The first kappa shape index (κ1) is 14.4. The molecular formula is C15H21N3. The molecular weight excluding hydrogens is 222 g/mol. The number of rotatable bonds is 6. The van der Waals surface area contributed by atoms with Crippen LogP contribution in [0.1, 0.15) is 44.4 Å². The molecule has 0 aliphatic rings. The molecule has 3 heteroatoms. The average Bonchev–Trinajstić information content (AvgIpc) is 2.43. The fraction of sp³-hybridized carbons (Fsp3) is 0.467. The van der Waals surface area contributed by atoms with Gasteiger partial charge in [0.2, 0.25) is 0 Å². The Hall–Kier alpha value is -1.66. The quantitative estimate of drug-likeness (QED) is 0.781. The maximum Gasteiger partial charge on any atom is 0.0992 e. The highest BCUT2D eigenvalue weighted by atomic mass is 14.7. The Kier molecular flexibility index (Phi) is 5.06. The lowest BCUT2D eigenvalue weighted by Crippen LogP contribution is -2.26. The molecule has 1 aromatic heterocycles. The van der Waals surface area contributed by atoms with Crippen molar-refractivity contribution in [2.45, 2.75) is 38.5 Å². The van der Waals surface area contributed by atoms with Gasteiger partial charge in [-0.15, -0.1) is 0 Å². The highest BCUT2D eigenvalue weighted by Crippen LogP contribution is 2.36. The van der Waals surface area contributed by atoms with Gasteiger partial charge in [0.25, 0.3) is 0 Å². The van der Waals surface area contributed by atoms with E-state index < -0.39 is 0 Å². The minimum absolute atomic E-state index is 0.193. The third-order valence-corrected chi connectivity index (χ3v) is 3.54. The molecule has 0 aromatic carbocycles. The van der Waals surface area contributed by atoms with Crippen LogP contribution in [0.2, 0.25) is 0 Å². The number of aromatic nitrogens is 1. The van der Waals surface area contributed by atoms with Crippen molar-refractivity contribution in [2.75, 3.05) is 6.54 Å². The van der Waals surface area contributed by atoms with E-state index in [0.29, 0.717) is 12.1 Å². The van der Waals surface area contributed by atoms with Crippen LogP contribution in [0.5, 0.6) is 0 Å². The van der Waals surface area contributed by atoms with E-state index in [-0.39, 0.29) is 5.41 Å². The molecule has 1 heterocycles. The predicted molar refractivity (Wildman–Crippen MR) is 74.0 cm³/mol. The van der Waals surface area contributed by atoms with E-state index in [1.165, 1.54) is 0 Å². The Balaban J connectivity index is 3.16. The molecule has 1 aromatic rings. The van der Waals surface area contributed by atoms with Crippen molar-refractivity contribution >= 4 is 0 Å². The zero-order chi connectivity index (χ0) is 13.6. The van der Waals surface area contributed by atoms with Gasteiger partial charge in [0.05, 0.1) is 17.3 Å². The second-order valence-corrected chi connectivity index (χ2v) is 4.72. The van der Waals surface area contributed by atoms with Gasteiger partial charge in [0.1, 0.15) is 0 Å². The largest absolute Gasteiger partial charge is 0.330 e. The van der Waals surface area contributed by atoms with Crippen molar-refractivity contribution in [2.24, 2.45) is 5.73 Å². The lowest BCUT2D eigenvalue weighted by molar-refractivity contribution is 0.468. The normalized spacial score (nSPS) is 13.7. The van der Waals surface area contributed by atoms with Crippen LogP contribution in [0.25, 0.3) is 0 Å². The smallest absolute Gasteiger partial charge is 0.0992 e. The molecule has 0 aliphatic heterocycles. The molecule has 2 N–H and O–H groups in total. The van der Waals surface area contributed by atoms with Gasteiger partial charge in [-0.05, 0) is 37.9 Å². The highest BCUT2D eigenvalue weighted by Gasteiger charge is 2.30. The van der Waals surface area contributed by atoms with E-state index in [4.69, 9.17) is 11.0 Å². The molecule has 1 atom stereocenters. The van der Waals surface area contributed by atoms with Gasteiger partial charge in [-0.2, -0.15) is 5.26 Å². The fourth-order valence-electron chi connectivity index (χ4n) is 2.13. The van der Waals surface area contributed by atoms with E-state index in [2.05, 4.69) is 31.5 Å². The van der Waals surface area contributed by atoms with Crippen LogP contribution in [-0.4, -0.2) is 11.5 Å². The minimum Gasteiger partial charge on any atom is -0.330 e. The number of nitriles is 1. The summed E-state index contributed by atoms with van der Waals surface area (Å²) in [6.45, 7) is 9.05. The van der Waals surface area contributed by atoms with Crippen molar-refractivity contribution in [3.05, 3.63) is 41.7 Å². The molecule has 1 unspecified atom stereocenters. The van der Waals surface area contributed by atoms with Crippen LogP contribution < -0.4 is 5.73 Å². The third kappa shape index (κ3) is 2.96. The number of nitrogens with zero attached hydrogens (tertiary/aromatic N) is 2. The molecule has 0 bridgehead atoms. The Bertz CT molecular complexity index is 459. The maximum atomic E-state index is 8.98. The predicted octanol–water partition coefficient (Wildman–Crippen LogP) is 2.92. The van der Waals surface area contributed by atoms with Crippen LogP contribution in [0.15, 0.2) is 30.5 Å². The molecule has 0 aliphatic carbocycles. The van der Waals surface area contributed by atoms with Crippen molar-refractivity contribution in [1.29, 1.82) is 5.26 Å². The Morgan fingerprint density at radius 3 is 2.89 bits per heavy atom. The van der Waals surface area contributed by atoms with Gasteiger partial charge in [-0.1, -0.05) is 26.0 Å². The zero-order valence-electron chi connectivity index (χ0n) is 11.2. The van der Waals surface area contributed by atoms with E-state index >= 15 is 0 Å². The third-order valence-electron chi connectivity index (χ3n) is 3.54. The standard InChI is InChI=1S/C15H21N3/c1-4-12(2)15(3,7-5-8-16)14-10-13(11-17)6-9-18-14/h6,9-10H,2,4-5,7-8,16H2,1,3H3. The van der Waals surface area contributed by atoms with Crippen molar-refractivity contribution in [3.8, 4) is 6.07 Å². The molecule has 3 nitrogen and oxygen atoms in total. The number of hydrogen-bond acceptors (Lipinski definition) is 3. The van der Waals surface area contributed by atoms with E-state index in [9.17, 15) is 0 Å². The van der Waals surface area contributed by atoms with E-state index in [0.717, 1.165) is 30.5 Å². The Labute approximate surface area is 109 Å². The van der Waals surface area contributed by atoms with Crippen LogP contribution in [-0.2, 0) is 5.41 Å². The van der Waals surface area contributed by atoms with Gasteiger partial charge >= 0.3 is 0 Å². The maximum absolute atomic E-state index is 8.98. The lowest BCUT2D eigenvalue weighted by atomic mass is 9.74. The van der Waals surface area contributed by atoms with E-state index in [1.807, 2.05) is 6.07 Å². The molecule has 0 amide bonds. The van der Waals surface area contributed by atoms with Crippen LogP contribution in [0.4, 0.5) is 0 Å². The number of nitrogens with two attached hydrogens (primary N) is 1. The molecule has 0 saturated heterocycles. The van der Waals surface area contributed by atoms with Crippen molar-refractivity contribution < 1.29 is 0 Å². The first-order valence-corrected chi connectivity index (χ1v) is 6.33. The molecule has 18 heavy (non-hydrogen) atoms. The zero-order valence-corrected chi connectivity index (χ0v) is 11.2. The summed E-state index contributed by atoms with van der Waals surface area (Å²) >= 11 is 0. The molecule has 0 radical (unpaired) electrons. The van der Waals surface area contributed by atoms with Crippen LogP contribution in [0, 0.1) is 11.3 Å². The van der Waals surface area contributed by atoms with Crippen LogP contribution >= 0.6 is 0 Å². The number of hydrogen-bond donors (Lipinski definition) is 1. The fourth-order valence-corrected chi connectivity index (χ4v) is 2.13. The summed E-state index contributed by atoms with van der Waals surface area (Å²) in [7, 11) is 0. The second kappa shape index (κ2) is 6.32. The molecule has 0 spiro atoms. The van der Waals surface area contributed by atoms with Gasteiger partial charge in [-0.25, -0.2) is 0 Å². The summed E-state index contributed by atoms with van der Waals surface area (Å²) in [5, 5.41) is 8.98. The minimum atomic E-state index is -0.193. The monoisotopic (exact) mass is 243 g/mol. The first-order chi connectivity index (χ1) is 8.58. The number of allylic oxidation sites excluding steroid dienone is 1. The topological polar surface area (TPSA) is 62.7 Å². The van der Waals surface area contributed by atoms with Crippen molar-refractivity contribution in [1.82, 2.24) is 4.98 Å². The molecule has 0 saturated carbocycles. The highest BCUT2D eigenvalue weighted by molar-refractivity contribution is 5.36. The summed E-state index contributed by atoms with van der Waals surface area (Å²) in [6, 6.07) is 5.74. The average molecular weight is 243 g/mol. The Morgan fingerprint density at radius 1 is 1.61 bits per heavy atom. The lowest BCUT2D eigenvalue weighted by Gasteiger charge is -2.31. The second-order valence-electron chi connectivity index (χ2n) is 4.72. The SMILES string of the molecule is C=C(CC)C(C)(CCCN)c1cc(C#N)ccn1. The first-order valence-electron chi connectivity index (χ1n) is 6.33. The van der Waals surface area contributed by atoms with Gasteiger partial charge in [0.15, 0.2) is 0 Å². The van der Waals surface area contributed by atoms with Gasteiger partial charge < -0.3 is 5.73 Å².